The van der Waals surface area contributed by atoms with Crippen molar-refractivity contribution in [2.45, 2.75) is 6.10 Å². The van der Waals surface area contributed by atoms with E-state index in [0.29, 0.717) is 0 Å². The molecule has 2 nitrogen and oxygen atoms in total. The summed E-state index contributed by atoms with van der Waals surface area (Å²) in [4.78, 5) is 0. The van der Waals surface area contributed by atoms with Gasteiger partial charge in [0.1, 0.15) is 11.9 Å². The number of rotatable bonds is 1. The van der Waals surface area contributed by atoms with Crippen LogP contribution in [0.15, 0.2) is 24.3 Å². The fourth-order valence-corrected chi connectivity index (χ4v) is 1.15. The monoisotopic (exact) mass is 148 g/mol. The molecule has 0 aromatic heterocycles. The summed E-state index contributed by atoms with van der Waals surface area (Å²) in [5, 5.41) is 0. The second-order valence-electron chi connectivity index (χ2n) is 2.37. The predicted molar refractivity (Wildman–Crippen MR) is 40.1 cm³/mol. The van der Waals surface area contributed by atoms with Gasteiger partial charge in [-0.15, -0.1) is 0 Å². The summed E-state index contributed by atoms with van der Waals surface area (Å²) >= 11 is 0. The van der Waals surface area contributed by atoms with E-state index in [1.54, 1.807) is 7.11 Å². The molecular formula is C9H8O2. The van der Waals surface area contributed by atoms with Gasteiger partial charge in [-0.05, 0) is 6.07 Å². The molecule has 0 amide bonds. The van der Waals surface area contributed by atoms with E-state index in [9.17, 15) is 0 Å². The van der Waals surface area contributed by atoms with Gasteiger partial charge in [0.05, 0.1) is 0 Å². The molecule has 0 saturated carbocycles. The molecule has 1 atom stereocenters. The molecule has 1 aromatic carbocycles. The Kier molecular flexibility index (Phi) is 1.55. The standard InChI is InChI=1S/C9H8O2/c1-10-9-6-11-8-5-3-2-4-7(8)9/h2-5,9H,1H3. The molecule has 1 heterocycles. The zero-order chi connectivity index (χ0) is 7.68. The van der Waals surface area contributed by atoms with Crippen LogP contribution < -0.4 is 4.74 Å². The first-order chi connectivity index (χ1) is 5.42. The highest BCUT2D eigenvalue weighted by molar-refractivity contribution is 5.40. The lowest BCUT2D eigenvalue weighted by Gasteiger charge is -2.02. The van der Waals surface area contributed by atoms with E-state index in [1.807, 2.05) is 24.3 Å². The molecule has 0 saturated heterocycles. The third-order valence-electron chi connectivity index (χ3n) is 1.71. The quantitative estimate of drug-likeness (QED) is 0.604. The van der Waals surface area contributed by atoms with Crippen molar-refractivity contribution in [2.75, 3.05) is 7.11 Å². The highest BCUT2D eigenvalue weighted by atomic mass is 16.5. The van der Waals surface area contributed by atoms with Crippen molar-refractivity contribution in [3.63, 3.8) is 0 Å². The predicted octanol–water partition coefficient (Wildman–Crippen LogP) is 1.81. The van der Waals surface area contributed by atoms with Crippen LogP contribution in [0.25, 0.3) is 0 Å². The van der Waals surface area contributed by atoms with Crippen LogP contribution in [0.3, 0.4) is 0 Å². The van der Waals surface area contributed by atoms with Crippen LogP contribution in [0.2, 0.25) is 0 Å². The molecule has 2 heteroatoms. The molecule has 56 valence electrons. The van der Waals surface area contributed by atoms with Crippen molar-refractivity contribution in [1.29, 1.82) is 0 Å². The second kappa shape index (κ2) is 2.55. The highest BCUT2D eigenvalue weighted by Gasteiger charge is 2.24. The molecule has 2 rings (SSSR count). The van der Waals surface area contributed by atoms with Gasteiger partial charge < -0.3 is 9.47 Å². The van der Waals surface area contributed by atoms with Crippen LogP contribution in [0.4, 0.5) is 0 Å². The lowest BCUT2D eigenvalue weighted by Crippen LogP contribution is -1.95. The van der Waals surface area contributed by atoms with Gasteiger partial charge in [0.2, 0.25) is 6.61 Å². The van der Waals surface area contributed by atoms with Gasteiger partial charge in [-0.1, -0.05) is 18.2 Å². The largest absolute Gasteiger partial charge is 0.475 e. The number of ether oxygens (including phenoxy) is 2. The summed E-state index contributed by atoms with van der Waals surface area (Å²) in [6.45, 7) is 2.75. The van der Waals surface area contributed by atoms with E-state index in [-0.39, 0.29) is 6.10 Å². The molecule has 0 bridgehead atoms. The molecule has 1 aliphatic rings. The maximum absolute atomic E-state index is 5.13. The molecule has 0 N–H and O–H groups in total. The third kappa shape index (κ3) is 0.994. The maximum atomic E-state index is 5.13. The molecule has 1 unspecified atom stereocenters. The van der Waals surface area contributed by atoms with Gasteiger partial charge in [0.15, 0.2) is 0 Å². The number of hydrogen-bond acceptors (Lipinski definition) is 2. The maximum Gasteiger partial charge on any atom is 0.232 e. The lowest BCUT2D eigenvalue weighted by molar-refractivity contribution is 0.113. The van der Waals surface area contributed by atoms with E-state index >= 15 is 0 Å². The van der Waals surface area contributed by atoms with Gasteiger partial charge in [-0.2, -0.15) is 0 Å². The first kappa shape index (κ1) is 6.68. The van der Waals surface area contributed by atoms with E-state index in [0.717, 1.165) is 11.3 Å². The minimum atomic E-state index is -0.119. The van der Waals surface area contributed by atoms with E-state index in [1.165, 1.54) is 0 Å². The van der Waals surface area contributed by atoms with Crippen LogP contribution in [0.1, 0.15) is 11.7 Å². The highest BCUT2D eigenvalue weighted by Crippen LogP contribution is 2.35. The molecule has 1 aromatic rings. The van der Waals surface area contributed by atoms with Crippen molar-refractivity contribution in [3.8, 4) is 5.75 Å². The number of para-hydroxylation sites is 1. The zero-order valence-corrected chi connectivity index (χ0v) is 6.20. The molecule has 0 spiro atoms. The van der Waals surface area contributed by atoms with E-state index in [2.05, 4.69) is 6.61 Å². The molecule has 2 radical (unpaired) electrons. The Bertz CT molecular complexity index is 257. The van der Waals surface area contributed by atoms with Crippen LogP contribution >= 0.6 is 0 Å². The van der Waals surface area contributed by atoms with Crippen LogP contribution in [-0.2, 0) is 4.74 Å². The van der Waals surface area contributed by atoms with Crippen LogP contribution in [0.5, 0.6) is 5.75 Å². The average Bonchev–Trinajstić information content (AvgIpc) is 2.47. The van der Waals surface area contributed by atoms with Gasteiger partial charge in [-0.3, -0.25) is 0 Å². The first-order valence-electron chi connectivity index (χ1n) is 3.46. The second-order valence-corrected chi connectivity index (χ2v) is 2.37. The Balaban J connectivity index is 2.39. The average molecular weight is 148 g/mol. The van der Waals surface area contributed by atoms with Crippen molar-refractivity contribution in [2.24, 2.45) is 0 Å². The van der Waals surface area contributed by atoms with Crippen LogP contribution in [-0.4, -0.2) is 7.11 Å². The SMILES string of the molecule is COC1[C]Oc2ccccc21. The minimum absolute atomic E-state index is 0.119. The van der Waals surface area contributed by atoms with Crippen molar-refractivity contribution >= 4 is 0 Å². The number of fused-ring (bicyclic) bond motifs is 1. The Labute approximate surface area is 65.7 Å². The smallest absolute Gasteiger partial charge is 0.232 e. The zero-order valence-electron chi connectivity index (χ0n) is 6.20. The summed E-state index contributed by atoms with van der Waals surface area (Å²) in [5.74, 6) is 0.847. The third-order valence-corrected chi connectivity index (χ3v) is 1.71. The molecule has 11 heavy (non-hydrogen) atoms. The van der Waals surface area contributed by atoms with E-state index < -0.39 is 0 Å². The Hall–Kier alpha value is -1.02. The molecular weight excluding hydrogens is 140 g/mol. The first-order valence-corrected chi connectivity index (χ1v) is 3.46. The Morgan fingerprint density at radius 3 is 3.09 bits per heavy atom. The summed E-state index contributed by atoms with van der Waals surface area (Å²) in [6.07, 6.45) is -0.119. The summed E-state index contributed by atoms with van der Waals surface area (Å²) in [6, 6.07) is 7.77. The topological polar surface area (TPSA) is 18.5 Å². The fourth-order valence-electron chi connectivity index (χ4n) is 1.15. The van der Waals surface area contributed by atoms with Gasteiger partial charge in [0, 0.05) is 12.7 Å². The summed E-state index contributed by atoms with van der Waals surface area (Å²) in [7, 11) is 1.64. The number of benzene rings is 1. The summed E-state index contributed by atoms with van der Waals surface area (Å²) < 4.78 is 10.2. The molecule has 0 aliphatic carbocycles. The van der Waals surface area contributed by atoms with E-state index in [4.69, 9.17) is 9.47 Å². The fraction of sp³-hybridized carbons (Fsp3) is 0.222. The number of methoxy groups -OCH3 is 1. The lowest BCUT2D eigenvalue weighted by atomic mass is 10.1. The normalized spacial score (nSPS) is 21.0. The van der Waals surface area contributed by atoms with Crippen molar-refractivity contribution < 1.29 is 9.47 Å². The van der Waals surface area contributed by atoms with Gasteiger partial charge >= 0.3 is 0 Å². The van der Waals surface area contributed by atoms with Gasteiger partial charge in [0.25, 0.3) is 0 Å². The van der Waals surface area contributed by atoms with Crippen LogP contribution in [0, 0.1) is 6.61 Å². The number of hydrogen-bond donors (Lipinski definition) is 0. The van der Waals surface area contributed by atoms with Crippen molar-refractivity contribution in [3.05, 3.63) is 36.4 Å². The minimum Gasteiger partial charge on any atom is -0.475 e. The van der Waals surface area contributed by atoms with Gasteiger partial charge in [-0.25, -0.2) is 0 Å². The van der Waals surface area contributed by atoms with Crippen molar-refractivity contribution in [1.82, 2.24) is 0 Å². The molecule has 1 aliphatic heterocycles. The molecule has 0 fully saturated rings. The Morgan fingerprint density at radius 2 is 2.27 bits per heavy atom. The summed E-state index contributed by atoms with van der Waals surface area (Å²) in [5.41, 5.74) is 1.05. The Morgan fingerprint density at radius 1 is 1.45 bits per heavy atom.